The Morgan fingerprint density at radius 1 is 1.32 bits per heavy atom. The largest absolute Gasteiger partial charge is 0.376 e. The summed E-state index contributed by atoms with van der Waals surface area (Å²) in [6.45, 7) is 2.75. The number of benzene rings is 1. The second-order valence-electron chi connectivity index (χ2n) is 5.20. The summed E-state index contributed by atoms with van der Waals surface area (Å²) in [4.78, 5) is 4.39. The van der Waals surface area contributed by atoms with E-state index in [1.54, 1.807) is 0 Å². The van der Waals surface area contributed by atoms with Crippen LogP contribution in [0.4, 0.5) is 0 Å². The molecule has 2 atom stereocenters. The molecule has 1 aliphatic rings. The molecule has 3 rings (SSSR count). The molecule has 1 aliphatic carbocycles. The van der Waals surface area contributed by atoms with Crippen molar-refractivity contribution < 1.29 is 4.74 Å². The first-order valence-corrected chi connectivity index (χ1v) is 7.02. The highest BCUT2D eigenvalue weighted by molar-refractivity contribution is 5.82. The first kappa shape index (κ1) is 12.6. The first-order valence-electron chi connectivity index (χ1n) is 7.02. The third-order valence-corrected chi connectivity index (χ3v) is 3.84. The Bertz CT molecular complexity index is 560. The molecule has 1 aromatic heterocycles. The number of hydrogen-bond acceptors (Lipinski definition) is 3. The third-order valence-electron chi connectivity index (χ3n) is 3.84. The van der Waals surface area contributed by atoms with Crippen LogP contribution in [0.15, 0.2) is 36.5 Å². The summed E-state index contributed by atoms with van der Waals surface area (Å²) in [7, 11) is 0. The highest BCUT2D eigenvalue weighted by Gasteiger charge is 2.36. The number of fused-ring (bicyclic) bond motifs is 1. The van der Waals surface area contributed by atoms with E-state index in [4.69, 9.17) is 10.5 Å². The van der Waals surface area contributed by atoms with Crippen molar-refractivity contribution in [2.75, 3.05) is 6.61 Å². The molecule has 3 heteroatoms. The number of aromatic nitrogens is 1. The van der Waals surface area contributed by atoms with Crippen molar-refractivity contribution in [3.05, 3.63) is 42.1 Å². The zero-order chi connectivity index (χ0) is 13.2. The molecule has 1 fully saturated rings. The zero-order valence-corrected chi connectivity index (χ0v) is 11.3. The van der Waals surface area contributed by atoms with E-state index in [9.17, 15) is 0 Å². The number of nitrogens with zero attached hydrogens (tertiary/aromatic N) is 1. The van der Waals surface area contributed by atoms with E-state index in [1.165, 1.54) is 12.8 Å². The molecule has 0 saturated heterocycles. The van der Waals surface area contributed by atoms with E-state index in [1.807, 2.05) is 31.3 Å². The van der Waals surface area contributed by atoms with Gasteiger partial charge in [0, 0.05) is 18.2 Å². The average molecular weight is 256 g/mol. The summed E-state index contributed by atoms with van der Waals surface area (Å²) >= 11 is 0. The van der Waals surface area contributed by atoms with Gasteiger partial charge in [0.1, 0.15) is 0 Å². The highest BCUT2D eigenvalue weighted by atomic mass is 16.5. The lowest BCUT2D eigenvalue weighted by Crippen LogP contribution is -2.31. The lowest BCUT2D eigenvalue weighted by Gasteiger charge is -2.25. The molecule has 0 bridgehead atoms. The Balaban J connectivity index is 1.98. The van der Waals surface area contributed by atoms with Crippen molar-refractivity contribution in [2.24, 2.45) is 11.7 Å². The predicted molar refractivity (Wildman–Crippen MR) is 76.8 cm³/mol. The highest BCUT2D eigenvalue weighted by Crippen LogP contribution is 2.40. The summed E-state index contributed by atoms with van der Waals surface area (Å²) < 4.78 is 5.89. The molecule has 100 valence electrons. The van der Waals surface area contributed by atoms with E-state index in [2.05, 4.69) is 17.1 Å². The van der Waals surface area contributed by atoms with Crippen molar-refractivity contribution in [3.63, 3.8) is 0 Å². The van der Waals surface area contributed by atoms with Crippen molar-refractivity contribution in [1.29, 1.82) is 0 Å². The van der Waals surface area contributed by atoms with E-state index >= 15 is 0 Å². The van der Waals surface area contributed by atoms with Crippen molar-refractivity contribution in [3.8, 4) is 0 Å². The molecule has 0 radical (unpaired) electrons. The minimum Gasteiger partial charge on any atom is -0.376 e. The maximum atomic E-state index is 6.48. The molecule has 3 nitrogen and oxygen atoms in total. The molecule has 0 aliphatic heterocycles. The summed E-state index contributed by atoms with van der Waals surface area (Å²) in [5, 5.41) is 1.14. The van der Waals surface area contributed by atoms with Gasteiger partial charge in [0.25, 0.3) is 0 Å². The van der Waals surface area contributed by atoms with Crippen LogP contribution in [0.1, 0.15) is 31.4 Å². The van der Waals surface area contributed by atoms with Crippen LogP contribution >= 0.6 is 0 Å². The Morgan fingerprint density at radius 3 is 2.89 bits per heavy atom. The molecule has 2 N–H and O–H groups in total. The second-order valence-corrected chi connectivity index (χ2v) is 5.20. The molecular formula is C16H20N2O. The van der Waals surface area contributed by atoms with Crippen LogP contribution < -0.4 is 5.73 Å². The van der Waals surface area contributed by atoms with E-state index in [0.717, 1.165) is 23.1 Å². The maximum absolute atomic E-state index is 6.48. The number of pyridine rings is 1. The van der Waals surface area contributed by atoms with Gasteiger partial charge in [0.2, 0.25) is 0 Å². The van der Waals surface area contributed by atoms with E-state index in [0.29, 0.717) is 5.92 Å². The standard InChI is InChI=1S/C16H20N2O/c1-2-19-16(11-8-9-11)15(17)13-5-3-7-14-12(13)6-4-10-18-14/h3-7,10-11,15-16H,2,8-9,17H2,1H3. The van der Waals surface area contributed by atoms with Gasteiger partial charge in [0.05, 0.1) is 17.7 Å². The topological polar surface area (TPSA) is 48.1 Å². The molecule has 2 aromatic rings. The fraction of sp³-hybridized carbons (Fsp3) is 0.438. The van der Waals surface area contributed by atoms with E-state index < -0.39 is 0 Å². The van der Waals surface area contributed by atoms with Gasteiger partial charge in [-0.25, -0.2) is 0 Å². The van der Waals surface area contributed by atoms with Gasteiger partial charge in [-0.3, -0.25) is 4.98 Å². The van der Waals surface area contributed by atoms with Crippen LogP contribution in [-0.2, 0) is 4.74 Å². The van der Waals surface area contributed by atoms with Crippen LogP contribution in [0.25, 0.3) is 10.9 Å². The Labute approximate surface area is 113 Å². The maximum Gasteiger partial charge on any atom is 0.0795 e. The zero-order valence-electron chi connectivity index (χ0n) is 11.3. The summed E-state index contributed by atoms with van der Waals surface area (Å²) in [6, 6.07) is 10.1. The van der Waals surface area contributed by atoms with E-state index in [-0.39, 0.29) is 12.1 Å². The molecule has 1 saturated carbocycles. The van der Waals surface area contributed by atoms with Crippen LogP contribution in [0, 0.1) is 5.92 Å². The molecule has 1 heterocycles. The van der Waals surface area contributed by atoms with Crippen LogP contribution in [-0.4, -0.2) is 17.7 Å². The number of ether oxygens (including phenoxy) is 1. The fourth-order valence-electron chi connectivity index (χ4n) is 2.74. The average Bonchev–Trinajstić information content (AvgIpc) is 3.28. The smallest absolute Gasteiger partial charge is 0.0795 e. The van der Waals surface area contributed by atoms with Gasteiger partial charge in [-0.15, -0.1) is 0 Å². The van der Waals surface area contributed by atoms with Crippen molar-refractivity contribution in [1.82, 2.24) is 4.98 Å². The molecule has 1 aromatic carbocycles. The molecule has 0 spiro atoms. The Hall–Kier alpha value is -1.45. The minimum absolute atomic E-state index is 0.0691. The summed E-state index contributed by atoms with van der Waals surface area (Å²) in [5.41, 5.74) is 8.63. The van der Waals surface area contributed by atoms with Gasteiger partial charge < -0.3 is 10.5 Å². The van der Waals surface area contributed by atoms with Gasteiger partial charge in [0.15, 0.2) is 0 Å². The summed E-state index contributed by atoms with van der Waals surface area (Å²) in [6.07, 6.45) is 4.43. The quantitative estimate of drug-likeness (QED) is 0.894. The fourth-order valence-corrected chi connectivity index (χ4v) is 2.74. The molecule has 2 unspecified atom stereocenters. The minimum atomic E-state index is -0.0691. The van der Waals surface area contributed by atoms with Crippen LogP contribution in [0.5, 0.6) is 0 Å². The number of hydrogen-bond donors (Lipinski definition) is 1. The van der Waals surface area contributed by atoms with Gasteiger partial charge in [-0.05, 0) is 43.4 Å². The third kappa shape index (κ3) is 2.48. The summed E-state index contributed by atoms with van der Waals surface area (Å²) in [5.74, 6) is 0.627. The number of nitrogens with two attached hydrogens (primary N) is 1. The van der Waals surface area contributed by atoms with Gasteiger partial charge in [-0.2, -0.15) is 0 Å². The SMILES string of the molecule is CCOC(C1CC1)C(N)c1cccc2ncccc12. The van der Waals surface area contributed by atoms with Crippen molar-refractivity contribution >= 4 is 10.9 Å². The van der Waals surface area contributed by atoms with Crippen LogP contribution in [0.2, 0.25) is 0 Å². The predicted octanol–water partition coefficient (Wildman–Crippen LogP) is 3.05. The Morgan fingerprint density at radius 2 is 2.16 bits per heavy atom. The second kappa shape index (κ2) is 5.27. The van der Waals surface area contributed by atoms with Crippen molar-refractivity contribution in [2.45, 2.75) is 31.9 Å². The lowest BCUT2D eigenvalue weighted by molar-refractivity contribution is 0.0286. The van der Waals surface area contributed by atoms with Gasteiger partial charge in [-0.1, -0.05) is 18.2 Å². The first-order chi connectivity index (χ1) is 9.31. The number of rotatable bonds is 5. The monoisotopic (exact) mass is 256 g/mol. The molecule has 19 heavy (non-hydrogen) atoms. The lowest BCUT2D eigenvalue weighted by atomic mass is 9.95. The van der Waals surface area contributed by atoms with Gasteiger partial charge >= 0.3 is 0 Å². The molecular weight excluding hydrogens is 236 g/mol. The molecule has 0 amide bonds. The van der Waals surface area contributed by atoms with Crippen LogP contribution in [0.3, 0.4) is 0 Å². The Kier molecular flexibility index (Phi) is 3.49. The normalized spacial score (nSPS) is 18.4.